The van der Waals surface area contributed by atoms with E-state index in [2.05, 4.69) is 19.6 Å². The molecule has 2 saturated heterocycles. The highest BCUT2D eigenvalue weighted by molar-refractivity contribution is 6.76. The van der Waals surface area contributed by atoms with Gasteiger partial charge < -0.3 is 28.4 Å². The van der Waals surface area contributed by atoms with Crippen molar-refractivity contribution in [2.24, 2.45) is 0 Å². The number of rotatable bonds is 9. The summed E-state index contributed by atoms with van der Waals surface area (Å²) in [5, 5.41) is 0. The minimum absolute atomic E-state index is 0.300. The summed E-state index contributed by atoms with van der Waals surface area (Å²) in [4.78, 5) is 0. The molecule has 0 bridgehead atoms. The lowest BCUT2D eigenvalue weighted by atomic mass is 9.98. The molecule has 2 fully saturated rings. The molecular formula is C18H35FO6Si. The van der Waals surface area contributed by atoms with Gasteiger partial charge in [0.2, 0.25) is 0 Å². The van der Waals surface area contributed by atoms with Crippen LogP contribution in [0.3, 0.4) is 0 Å². The summed E-state index contributed by atoms with van der Waals surface area (Å²) < 4.78 is 49.4. The van der Waals surface area contributed by atoms with E-state index in [1.54, 1.807) is 0 Å². The summed E-state index contributed by atoms with van der Waals surface area (Å²) in [6.07, 6.45) is -4.10. The maximum absolute atomic E-state index is 15.1. The van der Waals surface area contributed by atoms with Crippen LogP contribution in [0.4, 0.5) is 4.39 Å². The molecule has 2 aliphatic rings. The molecule has 0 amide bonds. The zero-order valence-corrected chi connectivity index (χ0v) is 18.0. The van der Waals surface area contributed by atoms with E-state index < -0.39 is 44.6 Å². The van der Waals surface area contributed by atoms with Gasteiger partial charge in [0.15, 0.2) is 18.2 Å². The van der Waals surface area contributed by atoms with Gasteiger partial charge in [-0.15, -0.1) is 0 Å². The van der Waals surface area contributed by atoms with Gasteiger partial charge in [0.25, 0.3) is 0 Å². The van der Waals surface area contributed by atoms with Crippen LogP contribution in [-0.4, -0.2) is 77.7 Å². The first kappa shape index (κ1) is 22.2. The van der Waals surface area contributed by atoms with Gasteiger partial charge in [0.05, 0.1) is 19.8 Å². The van der Waals surface area contributed by atoms with Crippen molar-refractivity contribution in [3.05, 3.63) is 0 Å². The predicted octanol–water partition coefficient (Wildman–Crippen LogP) is 2.98. The third-order valence-corrected chi connectivity index (χ3v) is 6.17. The molecule has 0 aromatic carbocycles. The quantitative estimate of drug-likeness (QED) is 0.443. The fourth-order valence-electron chi connectivity index (χ4n) is 2.98. The Hall–Kier alpha value is -0.0931. The van der Waals surface area contributed by atoms with Crippen LogP contribution in [0.25, 0.3) is 0 Å². The second-order valence-electron chi connectivity index (χ2n) is 8.49. The summed E-state index contributed by atoms with van der Waals surface area (Å²) >= 11 is 0. The first-order valence-electron chi connectivity index (χ1n) is 9.55. The lowest BCUT2D eigenvalue weighted by Crippen LogP contribution is -2.64. The Kier molecular flexibility index (Phi) is 8.03. The van der Waals surface area contributed by atoms with E-state index in [1.165, 1.54) is 0 Å². The molecule has 154 valence electrons. The Morgan fingerprint density at radius 2 is 1.85 bits per heavy atom. The highest BCUT2D eigenvalue weighted by Crippen LogP contribution is 2.35. The van der Waals surface area contributed by atoms with E-state index in [4.69, 9.17) is 28.4 Å². The minimum atomic E-state index is -1.42. The van der Waals surface area contributed by atoms with E-state index in [1.807, 2.05) is 20.8 Å². The summed E-state index contributed by atoms with van der Waals surface area (Å²) in [5.41, 5.74) is 0. The normalized spacial score (nSPS) is 34.5. The standard InChI is InChI=1S/C18H35FO6Si/c1-7-20-8-9-21-16-14(19)17(22-10-11-26(4,5)6)24-13-12-23-18(2,3)25-15(13)16/h13-17H,7-12H2,1-6H3/t13-,14?,15-,16-,17-/m1/s1. The van der Waals surface area contributed by atoms with Gasteiger partial charge in [-0.2, -0.15) is 0 Å². The number of hydrogen-bond donors (Lipinski definition) is 0. The first-order chi connectivity index (χ1) is 12.1. The van der Waals surface area contributed by atoms with Crippen LogP contribution in [0.5, 0.6) is 0 Å². The number of alkyl halides is 1. The molecule has 6 nitrogen and oxygen atoms in total. The monoisotopic (exact) mass is 394 g/mol. The molecule has 8 heteroatoms. The van der Waals surface area contributed by atoms with Crippen molar-refractivity contribution in [2.45, 2.75) is 83.0 Å². The van der Waals surface area contributed by atoms with Crippen molar-refractivity contribution in [1.82, 2.24) is 0 Å². The Morgan fingerprint density at radius 1 is 1.12 bits per heavy atom. The van der Waals surface area contributed by atoms with E-state index in [0.717, 1.165) is 6.04 Å². The summed E-state index contributed by atoms with van der Waals surface area (Å²) in [7, 11) is -1.26. The van der Waals surface area contributed by atoms with Crippen molar-refractivity contribution >= 4 is 8.07 Å². The van der Waals surface area contributed by atoms with Crippen molar-refractivity contribution in [1.29, 1.82) is 0 Å². The van der Waals surface area contributed by atoms with Crippen LogP contribution < -0.4 is 0 Å². The maximum Gasteiger partial charge on any atom is 0.191 e. The van der Waals surface area contributed by atoms with Crippen LogP contribution in [0, 0.1) is 0 Å². The molecule has 0 aliphatic carbocycles. The van der Waals surface area contributed by atoms with E-state index >= 15 is 4.39 Å². The van der Waals surface area contributed by atoms with Gasteiger partial charge in [-0.05, 0) is 26.8 Å². The molecule has 5 atom stereocenters. The SMILES string of the molecule is CCOCCO[C@@H]1C(F)[C@H](OCC[Si](C)(C)C)O[C@@H]2COC(C)(C)O[C@@H]12. The molecule has 0 aromatic rings. The Morgan fingerprint density at radius 3 is 2.50 bits per heavy atom. The predicted molar refractivity (Wildman–Crippen MR) is 98.8 cm³/mol. The van der Waals surface area contributed by atoms with Crippen LogP contribution in [0.1, 0.15) is 20.8 Å². The zero-order chi connectivity index (χ0) is 19.4. The molecule has 0 saturated carbocycles. The number of fused-ring (bicyclic) bond motifs is 1. The molecule has 0 radical (unpaired) electrons. The van der Waals surface area contributed by atoms with Crippen molar-refractivity contribution < 1.29 is 32.8 Å². The molecule has 0 N–H and O–H groups in total. The third kappa shape index (κ3) is 6.51. The van der Waals surface area contributed by atoms with Crippen LogP contribution >= 0.6 is 0 Å². The molecule has 2 rings (SSSR count). The molecule has 0 spiro atoms. The average Bonchev–Trinajstić information content (AvgIpc) is 2.53. The minimum Gasteiger partial charge on any atom is -0.379 e. The fraction of sp³-hybridized carbons (Fsp3) is 1.00. The van der Waals surface area contributed by atoms with E-state index in [-0.39, 0.29) is 0 Å². The number of halogens is 1. The maximum atomic E-state index is 15.1. The lowest BCUT2D eigenvalue weighted by Gasteiger charge is -2.49. The molecule has 2 heterocycles. The summed E-state index contributed by atoms with van der Waals surface area (Å²) in [6, 6.07) is 0.948. The number of hydrogen-bond acceptors (Lipinski definition) is 6. The fourth-order valence-corrected chi connectivity index (χ4v) is 3.71. The van der Waals surface area contributed by atoms with Gasteiger partial charge in [-0.3, -0.25) is 0 Å². The first-order valence-corrected chi connectivity index (χ1v) is 13.3. The topological polar surface area (TPSA) is 55.4 Å². The van der Waals surface area contributed by atoms with Crippen LogP contribution in [0.2, 0.25) is 25.7 Å². The third-order valence-electron chi connectivity index (χ3n) is 4.46. The van der Waals surface area contributed by atoms with Gasteiger partial charge >= 0.3 is 0 Å². The second-order valence-corrected chi connectivity index (χ2v) is 14.1. The summed E-state index contributed by atoms with van der Waals surface area (Å²) in [5.74, 6) is -0.794. The van der Waals surface area contributed by atoms with E-state index in [0.29, 0.717) is 33.0 Å². The zero-order valence-electron chi connectivity index (χ0n) is 17.0. The van der Waals surface area contributed by atoms with Gasteiger partial charge in [0.1, 0.15) is 18.3 Å². The Balaban J connectivity index is 2.00. The highest BCUT2D eigenvalue weighted by atomic mass is 28.3. The van der Waals surface area contributed by atoms with E-state index in [9.17, 15) is 0 Å². The average molecular weight is 395 g/mol. The highest BCUT2D eigenvalue weighted by Gasteiger charge is 2.52. The summed E-state index contributed by atoms with van der Waals surface area (Å²) in [6.45, 7) is 14.4. The van der Waals surface area contributed by atoms with Crippen LogP contribution in [-0.2, 0) is 28.4 Å². The Bertz CT molecular complexity index is 430. The van der Waals surface area contributed by atoms with Crippen molar-refractivity contribution in [3.8, 4) is 0 Å². The van der Waals surface area contributed by atoms with Gasteiger partial charge in [-0.25, -0.2) is 4.39 Å². The molecular weight excluding hydrogens is 359 g/mol. The molecule has 1 unspecified atom stereocenters. The van der Waals surface area contributed by atoms with Crippen molar-refractivity contribution in [3.63, 3.8) is 0 Å². The molecule has 26 heavy (non-hydrogen) atoms. The smallest absolute Gasteiger partial charge is 0.191 e. The van der Waals surface area contributed by atoms with Gasteiger partial charge in [-0.1, -0.05) is 19.6 Å². The van der Waals surface area contributed by atoms with Crippen LogP contribution in [0.15, 0.2) is 0 Å². The van der Waals surface area contributed by atoms with Crippen molar-refractivity contribution in [2.75, 3.05) is 33.0 Å². The molecule has 0 aromatic heterocycles. The van der Waals surface area contributed by atoms with Gasteiger partial charge in [0, 0.05) is 21.3 Å². The largest absolute Gasteiger partial charge is 0.379 e. The second kappa shape index (κ2) is 9.40. The number of ether oxygens (including phenoxy) is 6. The Labute approximate surface area is 157 Å². The molecule has 2 aliphatic heterocycles. The lowest BCUT2D eigenvalue weighted by molar-refractivity contribution is -0.379.